The average Bonchev–Trinajstić information content (AvgIpc) is 3.08. The van der Waals surface area contributed by atoms with Crippen molar-refractivity contribution in [3.05, 3.63) is 119 Å². The number of hydrogen-bond acceptors (Lipinski definition) is 6. The average molecular weight is 686 g/mol. The quantitative estimate of drug-likeness (QED) is 0.156. The number of nitrogens with zero attached hydrogens (tertiary/aromatic N) is 2. The van der Waals surface area contributed by atoms with Gasteiger partial charge in [0.2, 0.25) is 11.8 Å². The van der Waals surface area contributed by atoms with Gasteiger partial charge in [-0.05, 0) is 80.6 Å². The van der Waals surface area contributed by atoms with E-state index in [2.05, 4.69) is 5.32 Å². The topological polar surface area (TPSA) is 105 Å². The van der Waals surface area contributed by atoms with Crippen molar-refractivity contribution in [1.82, 2.24) is 10.2 Å². The Morgan fingerprint density at radius 3 is 2.04 bits per heavy atom. The van der Waals surface area contributed by atoms with Gasteiger partial charge < -0.3 is 19.7 Å². The fraction of sp³-hybridized carbons (Fsp3) is 0.333. The molecule has 0 aliphatic heterocycles. The van der Waals surface area contributed by atoms with Crippen molar-refractivity contribution >= 4 is 27.5 Å². The molecule has 4 aromatic carbocycles. The molecule has 2 unspecified atom stereocenters. The van der Waals surface area contributed by atoms with Crippen LogP contribution in [0.2, 0.25) is 0 Å². The molecule has 0 aliphatic carbocycles. The molecule has 4 aromatic rings. The standard InChI is InChI=1S/C39H47N3O6S/c1-8-30(5)40-39(44)35(23-31-14-10-9-11-15-31)41(25-32-16-12-13-27(2)20-32)38(43)26-42(33-21-28(3)19-29(4)22-33)49(45,46)34-17-18-36(47-6)37(24-34)48-7/h9-22,24,30,35H,8,23,25-26H2,1-7H3,(H,40,44). The van der Waals surface area contributed by atoms with Crippen LogP contribution in [0.25, 0.3) is 0 Å². The number of anilines is 1. The molecule has 0 saturated heterocycles. The normalized spacial score (nSPS) is 12.5. The molecule has 0 saturated carbocycles. The fourth-order valence-corrected chi connectivity index (χ4v) is 7.14. The highest BCUT2D eigenvalue weighted by Gasteiger charge is 2.35. The zero-order chi connectivity index (χ0) is 35.7. The van der Waals surface area contributed by atoms with E-state index in [9.17, 15) is 18.0 Å². The first-order valence-electron chi connectivity index (χ1n) is 16.4. The predicted octanol–water partition coefficient (Wildman–Crippen LogP) is 6.38. The molecule has 4 rings (SSSR count). The van der Waals surface area contributed by atoms with Gasteiger partial charge >= 0.3 is 0 Å². The summed E-state index contributed by atoms with van der Waals surface area (Å²) >= 11 is 0. The van der Waals surface area contributed by atoms with E-state index in [1.807, 2.05) is 95.3 Å². The summed E-state index contributed by atoms with van der Waals surface area (Å²) in [5.74, 6) is -0.221. The summed E-state index contributed by atoms with van der Waals surface area (Å²) in [6, 6.07) is 26.0. The predicted molar refractivity (Wildman–Crippen MR) is 194 cm³/mol. The first-order chi connectivity index (χ1) is 23.4. The van der Waals surface area contributed by atoms with Crippen molar-refractivity contribution in [3.63, 3.8) is 0 Å². The number of rotatable bonds is 15. The Bertz CT molecular complexity index is 1840. The van der Waals surface area contributed by atoms with Gasteiger partial charge in [0, 0.05) is 25.1 Å². The summed E-state index contributed by atoms with van der Waals surface area (Å²) in [5.41, 5.74) is 4.70. The molecule has 260 valence electrons. The van der Waals surface area contributed by atoms with Gasteiger partial charge in [-0.15, -0.1) is 0 Å². The minimum atomic E-state index is -4.33. The Kier molecular flexibility index (Phi) is 12.5. The third-order valence-corrected chi connectivity index (χ3v) is 10.2. The van der Waals surface area contributed by atoms with Gasteiger partial charge in [0.25, 0.3) is 10.0 Å². The lowest BCUT2D eigenvalue weighted by atomic mass is 10.0. The van der Waals surface area contributed by atoms with Gasteiger partial charge in [-0.1, -0.05) is 73.2 Å². The van der Waals surface area contributed by atoms with Crippen LogP contribution >= 0.6 is 0 Å². The molecule has 0 fully saturated rings. The van der Waals surface area contributed by atoms with Crippen LogP contribution < -0.4 is 19.1 Å². The number of aryl methyl sites for hydroxylation is 3. The Labute approximate surface area is 290 Å². The molecule has 49 heavy (non-hydrogen) atoms. The lowest BCUT2D eigenvalue weighted by molar-refractivity contribution is -0.140. The fourth-order valence-electron chi connectivity index (χ4n) is 5.73. The Morgan fingerprint density at radius 1 is 0.776 bits per heavy atom. The third kappa shape index (κ3) is 9.41. The minimum Gasteiger partial charge on any atom is -0.493 e. The van der Waals surface area contributed by atoms with Crippen LogP contribution in [0.3, 0.4) is 0 Å². The second-order valence-corrected chi connectivity index (χ2v) is 14.3. The van der Waals surface area contributed by atoms with Gasteiger partial charge in [-0.25, -0.2) is 8.42 Å². The summed E-state index contributed by atoms with van der Waals surface area (Å²) in [6.07, 6.45) is 0.951. The zero-order valence-electron chi connectivity index (χ0n) is 29.4. The molecule has 0 heterocycles. The number of carbonyl (C=O) groups excluding carboxylic acids is 2. The second-order valence-electron chi connectivity index (χ2n) is 12.4. The van der Waals surface area contributed by atoms with Gasteiger partial charge in [0.05, 0.1) is 24.8 Å². The molecular formula is C39H47N3O6S. The van der Waals surface area contributed by atoms with Crippen LogP contribution in [-0.4, -0.2) is 58.0 Å². The number of ether oxygens (including phenoxy) is 2. The van der Waals surface area contributed by atoms with Crippen LogP contribution in [0, 0.1) is 20.8 Å². The number of hydrogen-bond donors (Lipinski definition) is 1. The van der Waals surface area contributed by atoms with Crippen molar-refractivity contribution in [1.29, 1.82) is 0 Å². The molecule has 0 aliphatic rings. The van der Waals surface area contributed by atoms with E-state index >= 15 is 0 Å². The summed E-state index contributed by atoms with van der Waals surface area (Å²) in [6.45, 7) is 9.16. The van der Waals surface area contributed by atoms with Crippen molar-refractivity contribution in [2.24, 2.45) is 0 Å². The van der Waals surface area contributed by atoms with E-state index in [4.69, 9.17) is 9.47 Å². The Morgan fingerprint density at radius 2 is 1.43 bits per heavy atom. The van der Waals surface area contributed by atoms with E-state index in [-0.39, 0.29) is 35.6 Å². The molecule has 0 bridgehead atoms. The largest absolute Gasteiger partial charge is 0.493 e. The van der Waals surface area contributed by atoms with Crippen molar-refractivity contribution in [2.75, 3.05) is 25.1 Å². The van der Waals surface area contributed by atoms with Crippen LogP contribution in [0.15, 0.2) is 95.9 Å². The minimum absolute atomic E-state index is 0.0716. The highest BCUT2D eigenvalue weighted by atomic mass is 32.2. The number of nitrogens with one attached hydrogen (secondary N) is 1. The Balaban J connectivity index is 1.86. The highest BCUT2D eigenvalue weighted by molar-refractivity contribution is 7.92. The van der Waals surface area contributed by atoms with Gasteiger partial charge in [-0.2, -0.15) is 0 Å². The molecule has 0 spiro atoms. The maximum absolute atomic E-state index is 14.8. The molecule has 0 radical (unpaired) electrons. The molecule has 9 nitrogen and oxygen atoms in total. The maximum atomic E-state index is 14.8. The lowest BCUT2D eigenvalue weighted by Gasteiger charge is -2.34. The molecular weight excluding hydrogens is 639 g/mol. The number of sulfonamides is 1. The smallest absolute Gasteiger partial charge is 0.264 e. The van der Waals surface area contributed by atoms with Crippen molar-refractivity contribution in [2.45, 2.75) is 71.0 Å². The first-order valence-corrected chi connectivity index (χ1v) is 17.8. The number of amides is 2. The number of benzene rings is 4. The molecule has 2 atom stereocenters. The van der Waals surface area contributed by atoms with E-state index in [1.54, 1.807) is 12.1 Å². The third-order valence-electron chi connectivity index (χ3n) is 8.42. The zero-order valence-corrected chi connectivity index (χ0v) is 30.2. The van der Waals surface area contributed by atoms with E-state index < -0.39 is 28.5 Å². The van der Waals surface area contributed by atoms with Gasteiger partial charge in [-0.3, -0.25) is 13.9 Å². The van der Waals surface area contributed by atoms with Crippen LogP contribution in [-0.2, 0) is 32.6 Å². The number of methoxy groups -OCH3 is 2. The highest BCUT2D eigenvalue weighted by Crippen LogP contribution is 2.33. The van der Waals surface area contributed by atoms with Gasteiger partial charge in [0.1, 0.15) is 12.6 Å². The van der Waals surface area contributed by atoms with Crippen LogP contribution in [0.4, 0.5) is 5.69 Å². The van der Waals surface area contributed by atoms with E-state index in [0.29, 0.717) is 17.9 Å². The Hall–Kier alpha value is -4.83. The van der Waals surface area contributed by atoms with Crippen LogP contribution in [0.5, 0.6) is 11.5 Å². The SMILES string of the molecule is CCC(C)NC(=O)C(Cc1ccccc1)N(Cc1cccc(C)c1)C(=O)CN(c1cc(C)cc(C)c1)S(=O)(=O)c1ccc(OC)c(OC)c1. The molecule has 1 N–H and O–H groups in total. The summed E-state index contributed by atoms with van der Waals surface area (Å²) in [7, 11) is -1.43. The number of carbonyl (C=O) groups is 2. The molecule has 10 heteroatoms. The van der Waals surface area contributed by atoms with Crippen molar-refractivity contribution < 1.29 is 27.5 Å². The summed E-state index contributed by atoms with van der Waals surface area (Å²) in [4.78, 5) is 30.3. The summed E-state index contributed by atoms with van der Waals surface area (Å²) in [5, 5.41) is 3.07. The monoisotopic (exact) mass is 685 g/mol. The molecule has 2 amide bonds. The van der Waals surface area contributed by atoms with E-state index in [0.717, 1.165) is 32.1 Å². The van der Waals surface area contributed by atoms with E-state index in [1.165, 1.54) is 37.3 Å². The van der Waals surface area contributed by atoms with Gasteiger partial charge in [0.15, 0.2) is 11.5 Å². The van der Waals surface area contributed by atoms with Crippen LogP contribution in [0.1, 0.15) is 48.1 Å². The second kappa shape index (κ2) is 16.5. The maximum Gasteiger partial charge on any atom is 0.264 e. The lowest BCUT2D eigenvalue weighted by Crippen LogP contribution is -2.54. The summed E-state index contributed by atoms with van der Waals surface area (Å²) < 4.78 is 41.0. The van der Waals surface area contributed by atoms with Crippen molar-refractivity contribution in [3.8, 4) is 11.5 Å². The molecule has 0 aromatic heterocycles. The first kappa shape index (κ1) is 37.0.